The largest absolute Gasteiger partial charge is 0.381 e. The molecule has 1 aromatic rings. The lowest BCUT2D eigenvalue weighted by Gasteiger charge is -2.23. The second-order valence-electron chi connectivity index (χ2n) is 4.07. The van der Waals surface area contributed by atoms with Crippen LogP contribution < -0.4 is 10.6 Å². The van der Waals surface area contributed by atoms with Crippen LogP contribution in [0.1, 0.15) is 23.3 Å². The van der Waals surface area contributed by atoms with Crippen molar-refractivity contribution in [1.29, 1.82) is 0 Å². The number of rotatable bonds is 3. The van der Waals surface area contributed by atoms with Crippen LogP contribution in [0.15, 0.2) is 18.3 Å². The molecule has 0 aromatic carbocycles. The average molecular weight is 251 g/mol. The summed E-state index contributed by atoms with van der Waals surface area (Å²) in [6, 6.07) is 4.22. The van der Waals surface area contributed by atoms with Crippen molar-refractivity contribution >= 4 is 23.4 Å². The summed E-state index contributed by atoms with van der Waals surface area (Å²) < 4.78 is 0. The number of hydrogen-bond donors (Lipinski definition) is 2. The number of aromatic nitrogens is 1. The van der Waals surface area contributed by atoms with Gasteiger partial charge in [0.1, 0.15) is 5.69 Å². The monoisotopic (exact) mass is 251 g/mol. The van der Waals surface area contributed by atoms with Gasteiger partial charge in [0, 0.05) is 30.7 Å². The van der Waals surface area contributed by atoms with Crippen LogP contribution in [0, 0.1) is 0 Å². The molecule has 1 saturated heterocycles. The molecule has 1 aromatic heterocycles. The van der Waals surface area contributed by atoms with E-state index in [1.165, 1.54) is 18.6 Å². The van der Waals surface area contributed by atoms with Crippen LogP contribution in [0.5, 0.6) is 0 Å². The molecule has 1 aliphatic heterocycles. The van der Waals surface area contributed by atoms with Gasteiger partial charge in [-0.05, 0) is 30.7 Å². The van der Waals surface area contributed by atoms with E-state index in [4.69, 9.17) is 0 Å². The molecule has 92 valence electrons. The average Bonchev–Trinajstić information content (AvgIpc) is 2.39. The minimum absolute atomic E-state index is 0.147. The fourth-order valence-corrected chi connectivity index (χ4v) is 2.93. The number of hydrogen-bond acceptors (Lipinski definition) is 4. The number of thioether (sulfide) groups is 1. The molecule has 1 atom stereocenters. The van der Waals surface area contributed by atoms with Crippen LogP contribution >= 0.6 is 11.8 Å². The van der Waals surface area contributed by atoms with Crippen molar-refractivity contribution in [1.82, 2.24) is 10.3 Å². The summed E-state index contributed by atoms with van der Waals surface area (Å²) in [6.07, 6.45) is 4.13. The maximum atomic E-state index is 11.5. The lowest BCUT2D eigenvalue weighted by atomic mass is 10.1. The highest BCUT2D eigenvalue weighted by Gasteiger charge is 2.14. The Labute approximate surface area is 106 Å². The van der Waals surface area contributed by atoms with Gasteiger partial charge in [0.25, 0.3) is 5.91 Å². The van der Waals surface area contributed by atoms with Gasteiger partial charge in [0.2, 0.25) is 0 Å². The Morgan fingerprint density at radius 1 is 1.59 bits per heavy atom. The highest BCUT2D eigenvalue weighted by Crippen LogP contribution is 2.20. The highest BCUT2D eigenvalue weighted by atomic mass is 32.2. The quantitative estimate of drug-likeness (QED) is 0.859. The second kappa shape index (κ2) is 5.91. The Kier molecular flexibility index (Phi) is 4.25. The minimum atomic E-state index is -0.147. The Balaban J connectivity index is 2.02. The lowest BCUT2D eigenvalue weighted by molar-refractivity contribution is 0.0958. The van der Waals surface area contributed by atoms with Crippen molar-refractivity contribution in [3.05, 3.63) is 24.0 Å². The zero-order valence-corrected chi connectivity index (χ0v) is 10.7. The number of anilines is 1. The Hall–Kier alpha value is -1.23. The van der Waals surface area contributed by atoms with Crippen LogP contribution in [-0.4, -0.2) is 35.5 Å². The molecule has 0 aliphatic carbocycles. The van der Waals surface area contributed by atoms with E-state index >= 15 is 0 Å². The Morgan fingerprint density at radius 3 is 3.18 bits per heavy atom. The van der Waals surface area contributed by atoms with Gasteiger partial charge >= 0.3 is 0 Å². The molecule has 2 rings (SSSR count). The number of nitrogens with zero attached hydrogens (tertiary/aromatic N) is 1. The van der Waals surface area contributed by atoms with E-state index < -0.39 is 0 Å². The third-order valence-corrected chi connectivity index (χ3v) is 3.97. The molecule has 1 unspecified atom stereocenters. The number of amides is 1. The molecule has 0 spiro atoms. The molecule has 0 radical (unpaired) electrons. The van der Waals surface area contributed by atoms with Crippen molar-refractivity contribution in [3.63, 3.8) is 0 Å². The third kappa shape index (κ3) is 3.36. The van der Waals surface area contributed by atoms with Crippen molar-refractivity contribution in [3.8, 4) is 0 Å². The van der Waals surface area contributed by atoms with Gasteiger partial charge in [0.15, 0.2) is 0 Å². The van der Waals surface area contributed by atoms with Crippen LogP contribution in [0.2, 0.25) is 0 Å². The number of carbonyl (C=O) groups is 1. The highest BCUT2D eigenvalue weighted by molar-refractivity contribution is 7.99. The normalized spacial score (nSPS) is 19.7. The second-order valence-corrected chi connectivity index (χ2v) is 5.22. The fraction of sp³-hybridized carbons (Fsp3) is 0.500. The lowest BCUT2D eigenvalue weighted by Crippen LogP contribution is -2.26. The molecule has 0 saturated carbocycles. The topological polar surface area (TPSA) is 54.0 Å². The van der Waals surface area contributed by atoms with E-state index in [0.29, 0.717) is 11.7 Å². The maximum absolute atomic E-state index is 11.5. The van der Waals surface area contributed by atoms with E-state index in [9.17, 15) is 4.79 Å². The molecule has 2 heterocycles. The molecular formula is C12H17N3OS. The van der Waals surface area contributed by atoms with Crippen LogP contribution in [0.25, 0.3) is 0 Å². The summed E-state index contributed by atoms with van der Waals surface area (Å²) in [5, 5.41) is 6.04. The van der Waals surface area contributed by atoms with Crippen molar-refractivity contribution in [2.75, 3.05) is 23.9 Å². The summed E-state index contributed by atoms with van der Waals surface area (Å²) in [7, 11) is 1.61. The van der Waals surface area contributed by atoms with E-state index in [1.807, 2.05) is 17.8 Å². The summed E-state index contributed by atoms with van der Waals surface area (Å²) >= 11 is 1.98. The van der Waals surface area contributed by atoms with Crippen molar-refractivity contribution < 1.29 is 4.79 Å². The van der Waals surface area contributed by atoms with Crippen LogP contribution in [0.3, 0.4) is 0 Å². The zero-order chi connectivity index (χ0) is 12.1. The summed E-state index contributed by atoms with van der Waals surface area (Å²) in [5.41, 5.74) is 1.44. The SMILES string of the molecule is CNC(=O)c1cc(NC2CCCSC2)ccn1. The van der Waals surface area contributed by atoms with E-state index in [-0.39, 0.29) is 5.91 Å². The van der Waals surface area contributed by atoms with E-state index in [2.05, 4.69) is 15.6 Å². The fourth-order valence-electron chi connectivity index (χ4n) is 1.86. The first-order chi connectivity index (χ1) is 8.29. The van der Waals surface area contributed by atoms with E-state index in [1.54, 1.807) is 19.3 Å². The summed E-state index contributed by atoms with van der Waals surface area (Å²) in [4.78, 5) is 15.5. The van der Waals surface area contributed by atoms with Crippen molar-refractivity contribution in [2.45, 2.75) is 18.9 Å². The summed E-state index contributed by atoms with van der Waals surface area (Å²) in [6.45, 7) is 0. The molecule has 1 amide bonds. The maximum Gasteiger partial charge on any atom is 0.269 e. The smallest absolute Gasteiger partial charge is 0.269 e. The Morgan fingerprint density at radius 2 is 2.47 bits per heavy atom. The molecular weight excluding hydrogens is 234 g/mol. The first-order valence-electron chi connectivity index (χ1n) is 5.82. The first kappa shape index (κ1) is 12.2. The predicted octanol–water partition coefficient (Wildman–Crippen LogP) is 1.75. The molecule has 0 bridgehead atoms. The number of nitrogens with one attached hydrogen (secondary N) is 2. The predicted molar refractivity (Wildman–Crippen MR) is 71.6 cm³/mol. The van der Waals surface area contributed by atoms with Gasteiger partial charge in [0.05, 0.1) is 0 Å². The first-order valence-corrected chi connectivity index (χ1v) is 6.97. The van der Waals surface area contributed by atoms with Gasteiger partial charge in [-0.3, -0.25) is 9.78 Å². The van der Waals surface area contributed by atoms with Gasteiger partial charge in [-0.25, -0.2) is 0 Å². The molecule has 1 aliphatic rings. The molecule has 4 nitrogen and oxygen atoms in total. The van der Waals surface area contributed by atoms with Gasteiger partial charge in [-0.1, -0.05) is 0 Å². The molecule has 5 heteroatoms. The van der Waals surface area contributed by atoms with Crippen molar-refractivity contribution in [2.24, 2.45) is 0 Å². The number of carbonyl (C=O) groups excluding carboxylic acids is 1. The van der Waals surface area contributed by atoms with Gasteiger partial charge in [-0.2, -0.15) is 11.8 Å². The third-order valence-electron chi connectivity index (χ3n) is 2.75. The van der Waals surface area contributed by atoms with Crippen LogP contribution in [-0.2, 0) is 0 Å². The zero-order valence-electron chi connectivity index (χ0n) is 9.90. The van der Waals surface area contributed by atoms with Gasteiger partial charge < -0.3 is 10.6 Å². The Bertz CT molecular complexity index is 391. The minimum Gasteiger partial charge on any atom is -0.381 e. The molecule has 2 N–H and O–H groups in total. The van der Waals surface area contributed by atoms with Gasteiger partial charge in [-0.15, -0.1) is 0 Å². The summed E-state index contributed by atoms with van der Waals surface area (Å²) in [5.74, 6) is 2.25. The molecule has 17 heavy (non-hydrogen) atoms. The molecule has 1 fully saturated rings. The number of pyridine rings is 1. The standard InChI is InChI=1S/C12H17N3OS/c1-13-12(16)11-7-9(4-5-14-11)15-10-3-2-6-17-8-10/h4-5,7,10H,2-3,6,8H2,1H3,(H,13,16)(H,14,15). The van der Waals surface area contributed by atoms with E-state index in [0.717, 1.165) is 11.4 Å². The van der Waals surface area contributed by atoms with Crippen LogP contribution in [0.4, 0.5) is 5.69 Å².